The minimum absolute atomic E-state index is 0.0168. The zero-order valence-corrected chi connectivity index (χ0v) is 12.9. The van der Waals surface area contributed by atoms with Crippen LogP contribution in [0.3, 0.4) is 0 Å². The van der Waals surface area contributed by atoms with Crippen LogP contribution >= 0.6 is 0 Å². The van der Waals surface area contributed by atoms with Crippen LogP contribution in [-0.2, 0) is 10.0 Å². The molecule has 1 unspecified atom stereocenters. The van der Waals surface area contributed by atoms with Gasteiger partial charge in [0.05, 0.1) is 17.1 Å². The number of hydrogen-bond acceptors (Lipinski definition) is 4. The summed E-state index contributed by atoms with van der Waals surface area (Å²) in [6.45, 7) is 2.07. The summed E-state index contributed by atoms with van der Waals surface area (Å²) in [5, 5.41) is 18.6. The van der Waals surface area contributed by atoms with Crippen molar-refractivity contribution in [1.29, 1.82) is 5.26 Å². The van der Waals surface area contributed by atoms with Crippen molar-refractivity contribution in [2.75, 3.05) is 6.54 Å². The predicted molar refractivity (Wildman–Crippen MR) is 78.8 cm³/mol. The molecule has 2 rings (SSSR count). The number of sulfonamides is 1. The Labute approximate surface area is 125 Å². The van der Waals surface area contributed by atoms with Crippen LogP contribution in [0.2, 0.25) is 0 Å². The molecule has 0 spiro atoms. The number of rotatable bonds is 7. The monoisotopic (exact) mass is 308 g/mol. The third-order valence-corrected chi connectivity index (χ3v) is 5.58. The highest BCUT2D eigenvalue weighted by atomic mass is 32.2. The maximum absolute atomic E-state index is 12.7. The second-order valence-corrected chi connectivity index (χ2v) is 7.14. The molecule has 1 saturated carbocycles. The third kappa shape index (κ3) is 3.62. The molecular weight excluding hydrogens is 288 g/mol. The molecule has 0 heterocycles. The molecule has 1 aliphatic carbocycles. The second-order valence-electron chi connectivity index (χ2n) is 5.25. The highest BCUT2D eigenvalue weighted by molar-refractivity contribution is 7.89. The van der Waals surface area contributed by atoms with Crippen LogP contribution in [0.25, 0.3) is 0 Å². The zero-order valence-electron chi connectivity index (χ0n) is 12.1. The first-order chi connectivity index (χ1) is 10.0. The van der Waals surface area contributed by atoms with Crippen LogP contribution in [0.4, 0.5) is 0 Å². The summed E-state index contributed by atoms with van der Waals surface area (Å²) >= 11 is 0. The number of aliphatic hydroxyl groups excluding tert-OH is 1. The van der Waals surface area contributed by atoms with E-state index in [9.17, 15) is 13.5 Å². The Hall–Kier alpha value is -1.42. The fourth-order valence-corrected chi connectivity index (χ4v) is 4.02. The van der Waals surface area contributed by atoms with Gasteiger partial charge in [0, 0.05) is 19.0 Å². The molecule has 1 fully saturated rings. The van der Waals surface area contributed by atoms with Gasteiger partial charge in [-0.15, -0.1) is 0 Å². The van der Waals surface area contributed by atoms with Crippen LogP contribution in [-0.4, -0.2) is 30.4 Å². The topological polar surface area (TPSA) is 81.4 Å². The number of nitriles is 1. The van der Waals surface area contributed by atoms with E-state index in [-0.39, 0.29) is 23.9 Å². The van der Waals surface area contributed by atoms with Crippen molar-refractivity contribution in [2.24, 2.45) is 0 Å². The minimum Gasteiger partial charge on any atom is -0.388 e. The van der Waals surface area contributed by atoms with Gasteiger partial charge in [0.2, 0.25) is 10.0 Å². The molecule has 1 aromatic rings. The summed E-state index contributed by atoms with van der Waals surface area (Å²) in [4.78, 5) is 0.192. The Balaban J connectivity index is 2.31. The first kappa shape index (κ1) is 16.0. The summed E-state index contributed by atoms with van der Waals surface area (Å²) in [6, 6.07) is 8.47. The van der Waals surface area contributed by atoms with Crippen molar-refractivity contribution in [3.8, 4) is 6.07 Å². The number of aliphatic hydroxyl groups is 1. The van der Waals surface area contributed by atoms with E-state index in [0.717, 1.165) is 12.8 Å². The molecule has 5 nitrogen and oxygen atoms in total. The number of benzene rings is 1. The van der Waals surface area contributed by atoms with Crippen molar-refractivity contribution in [2.45, 2.75) is 49.6 Å². The summed E-state index contributed by atoms with van der Waals surface area (Å²) < 4.78 is 26.9. The van der Waals surface area contributed by atoms with Crippen molar-refractivity contribution in [1.82, 2.24) is 4.31 Å². The average Bonchev–Trinajstić information content (AvgIpc) is 3.31. The van der Waals surface area contributed by atoms with Crippen LogP contribution in [0.1, 0.15) is 44.3 Å². The molecule has 1 atom stereocenters. The standard InChI is InChI=1S/C15H20N2O3S/c1-2-15(18)12-5-3-6-14(11-12)21(19,20)17(10-4-9-16)13-7-8-13/h3,5-6,11,13,15,18H,2,4,7-8,10H2,1H3. The normalized spacial score (nSPS) is 16.7. The lowest BCUT2D eigenvalue weighted by Gasteiger charge is -2.21. The van der Waals surface area contributed by atoms with Gasteiger partial charge in [-0.1, -0.05) is 19.1 Å². The van der Waals surface area contributed by atoms with Crippen LogP contribution in [0, 0.1) is 11.3 Å². The van der Waals surface area contributed by atoms with Crippen molar-refractivity contribution in [3.05, 3.63) is 29.8 Å². The molecule has 1 N–H and O–H groups in total. The van der Waals surface area contributed by atoms with Gasteiger partial charge < -0.3 is 5.11 Å². The highest BCUT2D eigenvalue weighted by Gasteiger charge is 2.37. The van der Waals surface area contributed by atoms with Crippen LogP contribution < -0.4 is 0 Å². The Bertz CT molecular complexity index is 633. The first-order valence-electron chi connectivity index (χ1n) is 7.17. The minimum atomic E-state index is -3.60. The van der Waals surface area contributed by atoms with Gasteiger partial charge in [-0.05, 0) is 37.0 Å². The number of hydrogen-bond donors (Lipinski definition) is 1. The molecule has 6 heteroatoms. The molecule has 21 heavy (non-hydrogen) atoms. The van der Waals surface area contributed by atoms with E-state index in [2.05, 4.69) is 0 Å². The molecule has 114 valence electrons. The van der Waals surface area contributed by atoms with Crippen LogP contribution in [0.15, 0.2) is 29.2 Å². The highest BCUT2D eigenvalue weighted by Crippen LogP contribution is 2.32. The Morgan fingerprint density at radius 1 is 1.48 bits per heavy atom. The summed E-state index contributed by atoms with van der Waals surface area (Å²) in [5.74, 6) is 0. The van der Waals surface area contributed by atoms with Gasteiger partial charge in [0.25, 0.3) is 0 Å². The Morgan fingerprint density at radius 3 is 2.76 bits per heavy atom. The lowest BCUT2D eigenvalue weighted by Crippen LogP contribution is -2.34. The van der Waals surface area contributed by atoms with E-state index < -0.39 is 16.1 Å². The van der Waals surface area contributed by atoms with E-state index in [1.54, 1.807) is 18.2 Å². The van der Waals surface area contributed by atoms with Gasteiger partial charge in [0.15, 0.2) is 0 Å². The maximum Gasteiger partial charge on any atom is 0.243 e. The smallest absolute Gasteiger partial charge is 0.243 e. The lowest BCUT2D eigenvalue weighted by atomic mass is 10.1. The van der Waals surface area contributed by atoms with E-state index in [1.807, 2.05) is 13.0 Å². The molecule has 0 bridgehead atoms. The molecule has 0 saturated heterocycles. The van der Waals surface area contributed by atoms with Crippen molar-refractivity contribution < 1.29 is 13.5 Å². The first-order valence-corrected chi connectivity index (χ1v) is 8.61. The summed E-state index contributed by atoms with van der Waals surface area (Å²) in [7, 11) is -3.60. The molecule has 0 amide bonds. The van der Waals surface area contributed by atoms with Gasteiger partial charge >= 0.3 is 0 Å². The van der Waals surface area contributed by atoms with Gasteiger partial charge in [-0.3, -0.25) is 0 Å². The molecule has 1 aliphatic rings. The van der Waals surface area contributed by atoms with Crippen molar-refractivity contribution >= 4 is 10.0 Å². The van der Waals surface area contributed by atoms with Crippen molar-refractivity contribution in [3.63, 3.8) is 0 Å². The zero-order chi connectivity index (χ0) is 15.5. The summed E-state index contributed by atoms with van der Waals surface area (Å²) in [6.07, 6.45) is 1.76. The molecule has 0 aliphatic heterocycles. The van der Waals surface area contributed by atoms with E-state index in [1.165, 1.54) is 10.4 Å². The number of nitrogens with zero attached hydrogens (tertiary/aromatic N) is 2. The maximum atomic E-state index is 12.7. The Kier molecular flexibility index (Phi) is 4.99. The SMILES string of the molecule is CCC(O)c1cccc(S(=O)(=O)N(CCC#N)C2CC2)c1. The van der Waals surface area contributed by atoms with Crippen LogP contribution in [0.5, 0.6) is 0 Å². The third-order valence-electron chi connectivity index (χ3n) is 3.63. The fourth-order valence-electron chi connectivity index (χ4n) is 2.28. The van der Waals surface area contributed by atoms with Gasteiger partial charge in [-0.2, -0.15) is 9.57 Å². The largest absolute Gasteiger partial charge is 0.388 e. The quantitative estimate of drug-likeness (QED) is 0.837. The molecule has 0 radical (unpaired) electrons. The predicted octanol–water partition coefficient (Wildman–Crippen LogP) is 2.20. The van der Waals surface area contributed by atoms with E-state index in [4.69, 9.17) is 5.26 Å². The fraction of sp³-hybridized carbons (Fsp3) is 0.533. The van der Waals surface area contributed by atoms with Gasteiger partial charge in [-0.25, -0.2) is 8.42 Å². The Morgan fingerprint density at radius 2 is 2.19 bits per heavy atom. The van der Waals surface area contributed by atoms with E-state index >= 15 is 0 Å². The second kappa shape index (κ2) is 6.56. The van der Waals surface area contributed by atoms with E-state index in [0.29, 0.717) is 12.0 Å². The lowest BCUT2D eigenvalue weighted by molar-refractivity contribution is 0.173. The molecule has 1 aromatic carbocycles. The molecule has 0 aromatic heterocycles. The average molecular weight is 308 g/mol. The molecular formula is C15H20N2O3S. The van der Waals surface area contributed by atoms with Gasteiger partial charge in [0.1, 0.15) is 0 Å². The summed E-state index contributed by atoms with van der Waals surface area (Å²) in [5.41, 5.74) is 0.606.